The van der Waals surface area contributed by atoms with Gasteiger partial charge in [-0.15, -0.1) is 0 Å². The molecule has 0 fully saturated rings. The van der Waals surface area contributed by atoms with Crippen LogP contribution in [0.3, 0.4) is 0 Å². The molecule has 0 aliphatic carbocycles. The number of carbonyl (C=O) groups excluding carboxylic acids is 3. The summed E-state index contributed by atoms with van der Waals surface area (Å²) in [5, 5.41) is 0. The normalized spacial score (nSPS) is 13.5. The number of unbranched alkanes of at least 4 members (excludes halogenated alkanes) is 8. The van der Waals surface area contributed by atoms with E-state index in [0.717, 1.165) is 77.0 Å². The minimum atomic E-state index is -0.849. The Morgan fingerprint density at radius 2 is 0.746 bits per heavy atom. The fourth-order valence-electron chi connectivity index (χ4n) is 5.62. The molecule has 0 N–H and O–H groups in total. The van der Waals surface area contributed by atoms with Crippen molar-refractivity contribution in [1.82, 2.24) is 0 Å². The van der Waals surface area contributed by atoms with E-state index in [1.165, 1.54) is 25.7 Å². The Bertz CT molecular complexity index is 1510. The maximum atomic E-state index is 12.7. The molecular weight excluding hydrogens is 781 g/mol. The van der Waals surface area contributed by atoms with E-state index in [-0.39, 0.29) is 50.4 Å². The van der Waals surface area contributed by atoms with Crippen molar-refractivity contribution >= 4 is 17.9 Å². The zero-order valence-corrected chi connectivity index (χ0v) is 39.5. The third-order valence-corrected chi connectivity index (χ3v) is 9.17. The molecule has 0 radical (unpaired) electrons. The first-order chi connectivity index (χ1) is 31.0. The lowest BCUT2D eigenvalue weighted by molar-refractivity contribution is -0.166. The number of rotatable bonds is 40. The van der Waals surface area contributed by atoms with Gasteiger partial charge in [-0.3, -0.25) is 14.4 Å². The number of hydrogen-bond donors (Lipinski definition) is 0. The molecule has 63 heavy (non-hydrogen) atoms. The smallest absolute Gasteiger partial charge is 0.306 e. The van der Waals surface area contributed by atoms with Gasteiger partial charge in [-0.1, -0.05) is 204 Å². The highest BCUT2D eigenvalue weighted by Gasteiger charge is 2.19. The van der Waals surface area contributed by atoms with Crippen LogP contribution in [0.15, 0.2) is 158 Å². The Hall–Kier alpha value is -4.97. The van der Waals surface area contributed by atoms with Crippen LogP contribution in [0.5, 0.6) is 0 Å². The van der Waals surface area contributed by atoms with Crippen LogP contribution in [0.1, 0.15) is 162 Å². The Morgan fingerprint density at radius 1 is 0.349 bits per heavy atom. The number of allylic oxidation sites excluding steroid dienone is 26. The lowest BCUT2D eigenvalue weighted by atomic mass is 10.1. The summed E-state index contributed by atoms with van der Waals surface area (Å²) in [6.07, 6.45) is 72.4. The van der Waals surface area contributed by atoms with Crippen LogP contribution < -0.4 is 0 Å². The largest absolute Gasteiger partial charge is 0.462 e. The molecule has 0 bridgehead atoms. The molecule has 0 spiro atoms. The summed E-state index contributed by atoms with van der Waals surface area (Å²) in [5.74, 6) is -1.13. The van der Waals surface area contributed by atoms with Gasteiger partial charge in [-0.05, 0) is 96.3 Å². The summed E-state index contributed by atoms with van der Waals surface area (Å²) < 4.78 is 16.6. The van der Waals surface area contributed by atoms with Crippen LogP contribution in [0, 0.1) is 0 Å². The van der Waals surface area contributed by atoms with Gasteiger partial charge in [0.15, 0.2) is 6.10 Å². The molecule has 0 aromatic rings. The quantitative estimate of drug-likeness (QED) is 0.0201. The molecule has 0 aromatic heterocycles. The first-order valence-electron chi connectivity index (χ1n) is 24.1. The minimum Gasteiger partial charge on any atom is -0.462 e. The Balaban J connectivity index is 4.62. The molecule has 6 heteroatoms. The Labute approximate surface area is 384 Å². The molecule has 0 heterocycles. The zero-order valence-electron chi connectivity index (χ0n) is 39.5. The molecule has 0 saturated carbocycles. The van der Waals surface area contributed by atoms with E-state index in [2.05, 4.69) is 106 Å². The van der Waals surface area contributed by atoms with E-state index in [1.54, 1.807) is 0 Å². The van der Waals surface area contributed by atoms with E-state index in [1.807, 2.05) is 72.9 Å². The summed E-state index contributed by atoms with van der Waals surface area (Å²) in [6, 6.07) is 0. The van der Waals surface area contributed by atoms with Gasteiger partial charge in [-0.25, -0.2) is 0 Å². The molecule has 348 valence electrons. The summed E-state index contributed by atoms with van der Waals surface area (Å²) in [5.41, 5.74) is 0. The maximum absolute atomic E-state index is 12.7. The first-order valence-corrected chi connectivity index (χ1v) is 24.1. The molecule has 0 aromatic carbocycles. The van der Waals surface area contributed by atoms with Gasteiger partial charge < -0.3 is 14.2 Å². The van der Waals surface area contributed by atoms with Gasteiger partial charge in [0.1, 0.15) is 13.2 Å². The maximum Gasteiger partial charge on any atom is 0.306 e. The Morgan fingerprint density at radius 3 is 1.27 bits per heavy atom. The van der Waals surface area contributed by atoms with Crippen molar-refractivity contribution in [2.24, 2.45) is 0 Å². The van der Waals surface area contributed by atoms with Gasteiger partial charge in [0.25, 0.3) is 0 Å². The standard InChI is InChI=1S/C57H84O6/c1-4-7-10-13-16-19-21-23-25-27-28-30-31-33-35-38-41-44-47-50-56(59)62-53-54(52-61-55(58)49-46-43-40-37-18-15-12-9-6-3)63-57(60)51-48-45-42-39-36-34-32-29-26-24-22-20-17-14-11-8-5-2/h7-8,10-11,14,16-17,19-20,22-26,28-30,32-37,40-41,44,54H,4-6,9,12-13,15,18,21,27,31,38-39,42-43,45-53H2,1-3H3/b10-7-,11-8-,17-14-,19-16-,22-20-,25-23-,26-24-,30-28-,32-29+,35-33-,36-34-,40-37-,44-41-. The average molecular weight is 865 g/mol. The molecule has 1 atom stereocenters. The highest BCUT2D eigenvalue weighted by atomic mass is 16.6. The van der Waals surface area contributed by atoms with Crippen molar-refractivity contribution in [1.29, 1.82) is 0 Å². The lowest BCUT2D eigenvalue weighted by Gasteiger charge is -2.18. The third-order valence-electron chi connectivity index (χ3n) is 9.17. The number of hydrogen-bond acceptors (Lipinski definition) is 6. The fourth-order valence-corrected chi connectivity index (χ4v) is 5.62. The topological polar surface area (TPSA) is 78.9 Å². The highest BCUT2D eigenvalue weighted by Crippen LogP contribution is 2.10. The van der Waals surface area contributed by atoms with Gasteiger partial charge >= 0.3 is 17.9 Å². The summed E-state index contributed by atoms with van der Waals surface area (Å²) in [6.45, 7) is 6.17. The number of ether oxygens (including phenoxy) is 3. The predicted molar refractivity (Wildman–Crippen MR) is 269 cm³/mol. The monoisotopic (exact) mass is 865 g/mol. The van der Waals surface area contributed by atoms with Gasteiger partial charge in [0, 0.05) is 19.3 Å². The van der Waals surface area contributed by atoms with E-state index in [0.29, 0.717) is 19.3 Å². The van der Waals surface area contributed by atoms with Gasteiger partial charge in [-0.2, -0.15) is 0 Å². The number of carbonyl (C=O) groups is 3. The summed E-state index contributed by atoms with van der Waals surface area (Å²) in [4.78, 5) is 37.8. The number of esters is 3. The molecular formula is C57H84O6. The van der Waals surface area contributed by atoms with Crippen molar-refractivity contribution in [3.8, 4) is 0 Å². The average Bonchev–Trinajstić information content (AvgIpc) is 3.28. The van der Waals surface area contributed by atoms with Crippen molar-refractivity contribution in [2.75, 3.05) is 13.2 Å². The second kappa shape index (κ2) is 49.7. The SMILES string of the molecule is CC\C=C/C=C\C=C/C=C\C=C\C=C/CCCCCC(=O)OC(COC(=O)CC/C=C\C/C=C\C/C=C\C/C=C\C/C=C\C/C=C\CC)COC(=O)CCC/C=C\CCCCCC. The van der Waals surface area contributed by atoms with Crippen LogP contribution >= 0.6 is 0 Å². The summed E-state index contributed by atoms with van der Waals surface area (Å²) >= 11 is 0. The summed E-state index contributed by atoms with van der Waals surface area (Å²) in [7, 11) is 0. The molecule has 0 amide bonds. The molecule has 0 rings (SSSR count). The first kappa shape index (κ1) is 58.0. The lowest BCUT2D eigenvalue weighted by Crippen LogP contribution is -2.30. The van der Waals surface area contributed by atoms with Crippen LogP contribution in [0.25, 0.3) is 0 Å². The van der Waals surface area contributed by atoms with Gasteiger partial charge in [0.2, 0.25) is 0 Å². The Kier molecular flexibility index (Phi) is 45.8. The van der Waals surface area contributed by atoms with Crippen LogP contribution in [-0.2, 0) is 28.6 Å². The van der Waals surface area contributed by atoms with E-state index >= 15 is 0 Å². The van der Waals surface area contributed by atoms with E-state index in [4.69, 9.17) is 14.2 Å². The molecule has 0 aliphatic heterocycles. The van der Waals surface area contributed by atoms with E-state index < -0.39 is 6.10 Å². The van der Waals surface area contributed by atoms with Crippen molar-refractivity contribution in [3.63, 3.8) is 0 Å². The minimum absolute atomic E-state index is 0.143. The van der Waals surface area contributed by atoms with E-state index in [9.17, 15) is 14.4 Å². The van der Waals surface area contributed by atoms with Crippen molar-refractivity contribution in [2.45, 2.75) is 168 Å². The molecule has 6 nitrogen and oxygen atoms in total. The van der Waals surface area contributed by atoms with Crippen molar-refractivity contribution < 1.29 is 28.6 Å². The van der Waals surface area contributed by atoms with Crippen LogP contribution in [0.2, 0.25) is 0 Å². The second-order valence-electron chi connectivity index (χ2n) is 15.0. The highest BCUT2D eigenvalue weighted by molar-refractivity contribution is 5.71. The molecule has 0 aliphatic rings. The second-order valence-corrected chi connectivity index (χ2v) is 15.0. The fraction of sp³-hybridized carbons (Fsp3) is 0.491. The molecule has 0 saturated heterocycles. The van der Waals surface area contributed by atoms with Gasteiger partial charge in [0.05, 0.1) is 0 Å². The zero-order chi connectivity index (χ0) is 45.8. The van der Waals surface area contributed by atoms with Crippen LogP contribution in [0.4, 0.5) is 0 Å². The molecule has 1 unspecified atom stereocenters. The van der Waals surface area contributed by atoms with Crippen molar-refractivity contribution in [3.05, 3.63) is 158 Å². The predicted octanol–water partition coefficient (Wildman–Crippen LogP) is 15.9. The third kappa shape index (κ3) is 47.9. The van der Waals surface area contributed by atoms with Crippen LogP contribution in [-0.4, -0.2) is 37.2 Å².